The Morgan fingerprint density at radius 1 is 1.13 bits per heavy atom. The molecular weight excluding hydrogens is 308 g/mol. The van der Waals surface area contributed by atoms with E-state index in [1.54, 1.807) is 0 Å². The Labute approximate surface area is 134 Å². The van der Waals surface area contributed by atoms with Gasteiger partial charge in [0, 0.05) is 37.8 Å². The van der Waals surface area contributed by atoms with Crippen molar-refractivity contribution in [1.29, 1.82) is 0 Å². The first-order chi connectivity index (χ1) is 10.8. The SMILES string of the molecule is CC(C)CC[C@H](c1ccc(C(F)(F)F)cc1F)N1CCNCC1. The van der Waals surface area contributed by atoms with Gasteiger partial charge in [0.2, 0.25) is 0 Å². The molecule has 0 bridgehead atoms. The van der Waals surface area contributed by atoms with Crippen LogP contribution in [0.3, 0.4) is 0 Å². The average Bonchev–Trinajstić information content (AvgIpc) is 2.48. The lowest BCUT2D eigenvalue weighted by Crippen LogP contribution is -2.45. The Morgan fingerprint density at radius 3 is 2.30 bits per heavy atom. The predicted molar refractivity (Wildman–Crippen MR) is 82.7 cm³/mol. The molecule has 0 radical (unpaired) electrons. The van der Waals surface area contributed by atoms with Crippen molar-refractivity contribution < 1.29 is 17.6 Å². The van der Waals surface area contributed by atoms with Crippen molar-refractivity contribution in [2.45, 2.75) is 38.9 Å². The van der Waals surface area contributed by atoms with Crippen LogP contribution in [0.1, 0.15) is 43.9 Å². The monoisotopic (exact) mass is 332 g/mol. The summed E-state index contributed by atoms with van der Waals surface area (Å²) in [6, 6.07) is 2.76. The molecule has 0 unspecified atom stereocenters. The second kappa shape index (κ2) is 7.62. The van der Waals surface area contributed by atoms with E-state index in [1.165, 1.54) is 6.07 Å². The second-order valence-corrected chi connectivity index (χ2v) is 6.51. The fraction of sp³-hybridized carbons (Fsp3) is 0.647. The van der Waals surface area contributed by atoms with Crippen molar-refractivity contribution >= 4 is 0 Å². The number of hydrogen-bond acceptors (Lipinski definition) is 2. The number of nitrogens with one attached hydrogen (secondary N) is 1. The first-order valence-electron chi connectivity index (χ1n) is 8.10. The van der Waals surface area contributed by atoms with Crippen molar-refractivity contribution in [3.8, 4) is 0 Å². The molecule has 1 aromatic carbocycles. The number of rotatable bonds is 5. The molecule has 130 valence electrons. The number of benzene rings is 1. The summed E-state index contributed by atoms with van der Waals surface area (Å²) in [6.07, 6.45) is -2.85. The molecule has 1 atom stereocenters. The van der Waals surface area contributed by atoms with Crippen molar-refractivity contribution in [3.63, 3.8) is 0 Å². The molecule has 1 N–H and O–H groups in total. The van der Waals surface area contributed by atoms with Crippen LogP contribution in [0.4, 0.5) is 17.6 Å². The molecule has 1 aromatic rings. The van der Waals surface area contributed by atoms with Gasteiger partial charge >= 0.3 is 6.18 Å². The van der Waals surface area contributed by atoms with E-state index in [9.17, 15) is 17.6 Å². The van der Waals surface area contributed by atoms with Crippen molar-refractivity contribution in [1.82, 2.24) is 10.2 Å². The minimum absolute atomic E-state index is 0.165. The normalized spacial score (nSPS) is 18.4. The minimum atomic E-state index is -4.51. The maximum absolute atomic E-state index is 14.4. The summed E-state index contributed by atoms with van der Waals surface area (Å²) in [5, 5.41) is 3.25. The highest BCUT2D eigenvalue weighted by Gasteiger charge is 2.32. The van der Waals surface area contributed by atoms with Crippen LogP contribution in [0.5, 0.6) is 0 Å². The van der Waals surface area contributed by atoms with E-state index < -0.39 is 17.6 Å². The molecule has 1 aliphatic rings. The summed E-state index contributed by atoms with van der Waals surface area (Å²) >= 11 is 0. The molecule has 6 heteroatoms. The zero-order valence-corrected chi connectivity index (χ0v) is 13.6. The van der Waals surface area contributed by atoms with Gasteiger partial charge in [-0.3, -0.25) is 4.90 Å². The molecule has 0 spiro atoms. The fourth-order valence-electron chi connectivity index (χ4n) is 2.99. The molecule has 23 heavy (non-hydrogen) atoms. The number of hydrogen-bond donors (Lipinski definition) is 1. The number of nitrogens with zero attached hydrogens (tertiary/aromatic N) is 1. The zero-order chi connectivity index (χ0) is 17.0. The van der Waals surface area contributed by atoms with E-state index in [0.717, 1.165) is 45.1 Å². The molecule has 0 saturated carbocycles. The minimum Gasteiger partial charge on any atom is -0.314 e. The quantitative estimate of drug-likeness (QED) is 0.812. The highest BCUT2D eigenvalue weighted by Crippen LogP contribution is 2.34. The molecule has 1 heterocycles. The summed E-state index contributed by atoms with van der Waals surface area (Å²) in [4.78, 5) is 2.17. The summed E-state index contributed by atoms with van der Waals surface area (Å²) in [7, 11) is 0. The van der Waals surface area contributed by atoms with Crippen LogP contribution in [0.2, 0.25) is 0 Å². The molecular formula is C17H24F4N2. The van der Waals surface area contributed by atoms with Gasteiger partial charge in [-0.1, -0.05) is 19.9 Å². The third-order valence-electron chi connectivity index (χ3n) is 4.30. The summed E-state index contributed by atoms with van der Waals surface area (Å²) in [6.45, 7) is 7.39. The van der Waals surface area contributed by atoms with E-state index in [-0.39, 0.29) is 6.04 Å². The van der Waals surface area contributed by atoms with E-state index >= 15 is 0 Å². The first-order valence-corrected chi connectivity index (χ1v) is 8.10. The zero-order valence-electron chi connectivity index (χ0n) is 13.6. The van der Waals surface area contributed by atoms with Crippen LogP contribution >= 0.6 is 0 Å². The summed E-state index contributed by atoms with van der Waals surface area (Å²) < 4.78 is 52.5. The van der Waals surface area contributed by atoms with Crippen LogP contribution in [0, 0.1) is 11.7 Å². The number of halogens is 4. The van der Waals surface area contributed by atoms with E-state index in [1.807, 2.05) is 0 Å². The highest BCUT2D eigenvalue weighted by molar-refractivity contribution is 5.29. The predicted octanol–water partition coefficient (Wildman–Crippen LogP) is 4.23. The standard InChI is InChI=1S/C17H24F4N2/c1-12(2)3-6-16(23-9-7-22-8-10-23)14-5-4-13(11-15(14)18)17(19,20)21/h4-5,11-12,16,22H,3,6-10H2,1-2H3/t16-/m1/s1. The molecule has 1 fully saturated rings. The van der Waals surface area contributed by atoms with Gasteiger partial charge in [0.05, 0.1) is 5.56 Å². The lowest BCUT2D eigenvalue weighted by Gasteiger charge is -2.36. The van der Waals surface area contributed by atoms with E-state index in [2.05, 4.69) is 24.1 Å². The van der Waals surface area contributed by atoms with Crippen LogP contribution < -0.4 is 5.32 Å². The molecule has 2 rings (SSSR count). The van der Waals surface area contributed by atoms with Crippen molar-refractivity contribution in [3.05, 3.63) is 35.1 Å². The summed E-state index contributed by atoms with van der Waals surface area (Å²) in [5.74, 6) is -0.287. The maximum atomic E-state index is 14.4. The third-order valence-corrected chi connectivity index (χ3v) is 4.30. The van der Waals surface area contributed by atoms with Crippen molar-refractivity contribution in [2.75, 3.05) is 26.2 Å². The number of piperazine rings is 1. The fourth-order valence-corrected chi connectivity index (χ4v) is 2.99. The third kappa shape index (κ3) is 4.91. The van der Waals surface area contributed by atoms with Gasteiger partial charge in [-0.2, -0.15) is 13.2 Å². The summed E-state index contributed by atoms with van der Waals surface area (Å²) in [5.41, 5.74) is -0.553. The Kier molecular flexibility index (Phi) is 6.03. The Hall–Kier alpha value is -1.14. The lowest BCUT2D eigenvalue weighted by atomic mass is 9.94. The first kappa shape index (κ1) is 18.2. The van der Waals surface area contributed by atoms with Gasteiger partial charge in [0.15, 0.2) is 0 Å². The molecule has 0 aliphatic carbocycles. The van der Waals surface area contributed by atoms with Gasteiger partial charge in [-0.25, -0.2) is 4.39 Å². The van der Waals surface area contributed by atoms with Crippen LogP contribution in [-0.4, -0.2) is 31.1 Å². The second-order valence-electron chi connectivity index (χ2n) is 6.51. The largest absolute Gasteiger partial charge is 0.416 e. The van der Waals surface area contributed by atoms with E-state index in [4.69, 9.17) is 0 Å². The molecule has 2 nitrogen and oxygen atoms in total. The van der Waals surface area contributed by atoms with Gasteiger partial charge in [0.25, 0.3) is 0 Å². The molecule has 1 aliphatic heterocycles. The van der Waals surface area contributed by atoms with Crippen LogP contribution in [-0.2, 0) is 6.18 Å². The van der Waals surface area contributed by atoms with Crippen LogP contribution in [0.15, 0.2) is 18.2 Å². The van der Waals surface area contributed by atoms with Crippen molar-refractivity contribution in [2.24, 2.45) is 5.92 Å². The van der Waals surface area contributed by atoms with Crippen LogP contribution in [0.25, 0.3) is 0 Å². The Morgan fingerprint density at radius 2 is 1.78 bits per heavy atom. The Balaban J connectivity index is 2.26. The Bertz CT molecular complexity index is 508. The van der Waals surface area contributed by atoms with Gasteiger partial charge < -0.3 is 5.32 Å². The van der Waals surface area contributed by atoms with Gasteiger partial charge in [-0.15, -0.1) is 0 Å². The average molecular weight is 332 g/mol. The topological polar surface area (TPSA) is 15.3 Å². The molecule has 0 amide bonds. The molecule has 0 aromatic heterocycles. The lowest BCUT2D eigenvalue weighted by molar-refractivity contribution is -0.137. The maximum Gasteiger partial charge on any atom is 0.416 e. The number of alkyl halides is 3. The van der Waals surface area contributed by atoms with Gasteiger partial charge in [0.1, 0.15) is 5.82 Å². The smallest absolute Gasteiger partial charge is 0.314 e. The van der Waals surface area contributed by atoms with Gasteiger partial charge in [-0.05, 0) is 30.9 Å². The molecule has 1 saturated heterocycles. The highest BCUT2D eigenvalue weighted by atomic mass is 19.4. The van der Waals surface area contributed by atoms with E-state index in [0.29, 0.717) is 17.5 Å².